The van der Waals surface area contributed by atoms with E-state index in [-0.39, 0.29) is 11.7 Å². The summed E-state index contributed by atoms with van der Waals surface area (Å²) in [5.74, 6) is 0.139. The van der Waals surface area contributed by atoms with Gasteiger partial charge in [-0.1, -0.05) is 60.1 Å². The molecule has 0 bridgehead atoms. The van der Waals surface area contributed by atoms with Crippen LogP contribution in [0, 0.1) is 0 Å². The van der Waals surface area contributed by atoms with Crippen LogP contribution in [0.1, 0.15) is 38.2 Å². The van der Waals surface area contributed by atoms with Gasteiger partial charge in [0, 0.05) is 11.4 Å². The zero-order chi connectivity index (χ0) is 14.3. The lowest BCUT2D eigenvalue weighted by Gasteiger charge is -2.14. The van der Waals surface area contributed by atoms with E-state index in [0.717, 1.165) is 18.4 Å². The number of benzene rings is 1. The summed E-state index contributed by atoms with van der Waals surface area (Å²) in [6.45, 7) is 4.51. The lowest BCUT2D eigenvalue weighted by molar-refractivity contribution is 0.572. The van der Waals surface area contributed by atoms with Gasteiger partial charge in [0.2, 0.25) is 10.0 Å². The van der Waals surface area contributed by atoms with Gasteiger partial charge in [0.05, 0.1) is 5.75 Å². The van der Waals surface area contributed by atoms with E-state index in [4.69, 9.17) is 0 Å². The van der Waals surface area contributed by atoms with Crippen LogP contribution in [0.4, 0.5) is 0 Å². The zero-order valence-corrected chi connectivity index (χ0v) is 13.9. The average molecular weight is 348 g/mol. The van der Waals surface area contributed by atoms with E-state index in [9.17, 15) is 8.42 Å². The zero-order valence-electron chi connectivity index (χ0n) is 11.5. The standard InChI is InChI=1S/C14H22BrNO2S/c1-3-14(15)9-10-16-19(17,18)11-12(2)13-7-5-4-6-8-13/h4-8,12,14,16H,3,9-11H2,1-2H3. The highest BCUT2D eigenvalue weighted by molar-refractivity contribution is 9.09. The van der Waals surface area contributed by atoms with Crippen LogP contribution in [0.25, 0.3) is 0 Å². The number of hydrogen-bond acceptors (Lipinski definition) is 2. The van der Waals surface area contributed by atoms with Crippen LogP contribution >= 0.6 is 15.9 Å². The molecule has 5 heteroatoms. The summed E-state index contributed by atoms with van der Waals surface area (Å²) in [7, 11) is -3.20. The first-order valence-electron chi connectivity index (χ1n) is 6.61. The summed E-state index contributed by atoms with van der Waals surface area (Å²) >= 11 is 3.50. The Bertz CT molecular complexity index is 462. The van der Waals surface area contributed by atoms with E-state index in [0.29, 0.717) is 11.4 Å². The van der Waals surface area contributed by atoms with Crippen molar-refractivity contribution in [3.8, 4) is 0 Å². The van der Waals surface area contributed by atoms with Crippen LogP contribution in [-0.4, -0.2) is 25.5 Å². The van der Waals surface area contributed by atoms with E-state index in [1.54, 1.807) is 0 Å². The Kier molecular flexibility index (Phi) is 7.04. The molecule has 108 valence electrons. The Morgan fingerprint density at radius 1 is 1.26 bits per heavy atom. The van der Waals surface area contributed by atoms with E-state index in [1.807, 2.05) is 37.3 Å². The third-order valence-electron chi connectivity index (χ3n) is 3.06. The number of nitrogens with one attached hydrogen (secondary N) is 1. The highest BCUT2D eigenvalue weighted by Crippen LogP contribution is 2.16. The van der Waals surface area contributed by atoms with Crippen molar-refractivity contribution in [2.45, 2.75) is 37.4 Å². The SMILES string of the molecule is CCC(Br)CCNS(=O)(=O)CC(C)c1ccccc1. The molecule has 2 unspecified atom stereocenters. The molecule has 0 fully saturated rings. The van der Waals surface area contributed by atoms with Gasteiger partial charge < -0.3 is 0 Å². The molecule has 0 heterocycles. The van der Waals surface area contributed by atoms with Gasteiger partial charge in [-0.05, 0) is 24.3 Å². The summed E-state index contributed by atoms with van der Waals surface area (Å²) < 4.78 is 26.6. The van der Waals surface area contributed by atoms with Gasteiger partial charge in [0.1, 0.15) is 0 Å². The van der Waals surface area contributed by atoms with Crippen molar-refractivity contribution in [2.24, 2.45) is 0 Å². The average Bonchev–Trinajstić information content (AvgIpc) is 2.38. The van der Waals surface area contributed by atoms with Crippen LogP contribution in [-0.2, 0) is 10.0 Å². The van der Waals surface area contributed by atoms with Crippen molar-refractivity contribution in [3.63, 3.8) is 0 Å². The largest absolute Gasteiger partial charge is 0.215 e. The molecule has 3 nitrogen and oxygen atoms in total. The number of rotatable bonds is 8. The number of halogens is 1. The summed E-state index contributed by atoms with van der Waals surface area (Å²) in [6, 6.07) is 9.73. The number of sulfonamides is 1. The molecule has 0 aliphatic carbocycles. The van der Waals surface area contributed by atoms with Crippen LogP contribution in [0.3, 0.4) is 0 Å². The van der Waals surface area contributed by atoms with Crippen LogP contribution in [0.5, 0.6) is 0 Å². The summed E-state index contributed by atoms with van der Waals surface area (Å²) in [5.41, 5.74) is 1.06. The van der Waals surface area contributed by atoms with Gasteiger partial charge in [0.25, 0.3) is 0 Å². The van der Waals surface area contributed by atoms with Crippen molar-refractivity contribution < 1.29 is 8.42 Å². The predicted octanol–water partition coefficient (Wildman–Crippen LogP) is 3.27. The minimum absolute atomic E-state index is 0.00430. The molecule has 2 atom stereocenters. The Hall–Kier alpha value is -0.390. The maximum atomic E-state index is 12.0. The second kappa shape index (κ2) is 8.02. The predicted molar refractivity (Wildman–Crippen MR) is 84.3 cm³/mol. The molecule has 1 aromatic carbocycles. The number of alkyl halides is 1. The molecule has 19 heavy (non-hydrogen) atoms. The van der Waals surface area contributed by atoms with Crippen LogP contribution < -0.4 is 4.72 Å². The molecule has 0 saturated carbocycles. The second-order valence-corrected chi connectivity index (χ2v) is 7.93. The van der Waals surface area contributed by atoms with E-state index < -0.39 is 10.0 Å². The highest BCUT2D eigenvalue weighted by atomic mass is 79.9. The van der Waals surface area contributed by atoms with Crippen molar-refractivity contribution in [1.29, 1.82) is 0 Å². The van der Waals surface area contributed by atoms with Gasteiger partial charge in [-0.25, -0.2) is 13.1 Å². The fourth-order valence-electron chi connectivity index (χ4n) is 1.84. The van der Waals surface area contributed by atoms with Gasteiger partial charge in [-0.3, -0.25) is 0 Å². The molecule has 1 rings (SSSR count). The van der Waals surface area contributed by atoms with Crippen molar-refractivity contribution in [2.75, 3.05) is 12.3 Å². The normalized spacial score (nSPS) is 15.1. The van der Waals surface area contributed by atoms with E-state index in [2.05, 4.69) is 27.6 Å². The van der Waals surface area contributed by atoms with Crippen LogP contribution in [0.2, 0.25) is 0 Å². The van der Waals surface area contributed by atoms with Gasteiger partial charge >= 0.3 is 0 Å². The topological polar surface area (TPSA) is 46.2 Å². The third kappa shape index (κ3) is 6.54. The Morgan fingerprint density at radius 3 is 2.47 bits per heavy atom. The van der Waals surface area contributed by atoms with Gasteiger partial charge in [0.15, 0.2) is 0 Å². The Labute approximate surface area is 125 Å². The van der Waals surface area contributed by atoms with Crippen molar-refractivity contribution in [3.05, 3.63) is 35.9 Å². The van der Waals surface area contributed by atoms with Crippen molar-refractivity contribution in [1.82, 2.24) is 4.72 Å². The molecule has 0 aromatic heterocycles. The maximum absolute atomic E-state index is 12.0. The summed E-state index contributed by atoms with van der Waals surface area (Å²) in [4.78, 5) is 0.377. The fourth-order valence-corrected chi connectivity index (χ4v) is 3.47. The maximum Gasteiger partial charge on any atom is 0.212 e. The number of hydrogen-bond donors (Lipinski definition) is 1. The lowest BCUT2D eigenvalue weighted by atomic mass is 10.0. The Morgan fingerprint density at radius 2 is 1.89 bits per heavy atom. The monoisotopic (exact) mass is 347 g/mol. The molecule has 1 aromatic rings. The lowest BCUT2D eigenvalue weighted by Crippen LogP contribution is -2.30. The third-order valence-corrected chi connectivity index (χ3v) is 5.75. The molecular weight excluding hydrogens is 326 g/mol. The first kappa shape index (κ1) is 16.7. The van der Waals surface area contributed by atoms with Crippen molar-refractivity contribution >= 4 is 26.0 Å². The first-order chi connectivity index (χ1) is 8.94. The summed E-state index contributed by atoms with van der Waals surface area (Å²) in [6.07, 6.45) is 1.82. The molecule has 1 N–H and O–H groups in total. The van der Waals surface area contributed by atoms with Crippen LogP contribution in [0.15, 0.2) is 30.3 Å². The molecule has 0 aliphatic heterocycles. The molecular formula is C14H22BrNO2S. The molecule has 0 saturated heterocycles. The first-order valence-corrected chi connectivity index (χ1v) is 9.17. The smallest absolute Gasteiger partial charge is 0.212 e. The molecule has 0 amide bonds. The Balaban J connectivity index is 2.46. The quantitative estimate of drug-likeness (QED) is 0.733. The minimum atomic E-state index is -3.20. The van der Waals surface area contributed by atoms with Gasteiger partial charge in [-0.2, -0.15) is 0 Å². The highest BCUT2D eigenvalue weighted by Gasteiger charge is 2.16. The van der Waals surface area contributed by atoms with Gasteiger partial charge in [-0.15, -0.1) is 0 Å². The van der Waals surface area contributed by atoms with E-state index in [1.165, 1.54) is 0 Å². The molecule has 0 aliphatic rings. The summed E-state index contributed by atoms with van der Waals surface area (Å²) in [5, 5.41) is 0. The fraction of sp³-hybridized carbons (Fsp3) is 0.571. The molecule has 0 radical (unpaired) electrons. The van der Waals surface area contributed by atoms with E-state index >= 15 is 0 Å². The molecule has 0 spiro atoms. The minimum Gasteiger partial charge on any atom is -0.215 e. The second-order valence-electron chi connectivity index (χ2n) is 4.78.